The molecule has 2 atom stereocenters. The molecule has 2 N–H and O–H groups in total. The van der Waals surface area contributed by atoms with Crippen molar-refractivity contribution in [2.75, 3.05) is 25.4 Å². The number of nitrogens with two attached hydrogens (primary N) is 1. The van der Waals surface area contributed by atoms with Gasteiger partial charge in [-0.2, -0.15) is 0 Å². The van der Waals surface area contributed by atoms with Crippen LogP contribution < -0.4 is 5.73 Å². The van der Waals surface area contributed by atoms with E-state index in [-0.39, 0.29) is 0 Å². The summed E-state index contributed by atoms with van der Waals surface area (Å²) in [7, 11) is 0. The summed E-state index contributed by atoms with van der Waals surface area (Å²) < 4.78 is 2.10. The van der Waals surface area contributed by atoms with Gasteiger partial charge in [0.25, 0.3) is 0 Å². The zero-order chi connectivity index (χ0) is 12.4. The largest absolute Gasteiger partial charge is 0.382 e. The van der Waals surface area contributed by atoms with E-state index in [2.05, 4.69) is 14.5 Å². The first-order chi connectivity index (χ1) is 8.81. The number of rotatable bonds is 3. The highest BCUT2D eigenvalue weighted by Crippen LogP contribution is 2.35. The monoisotopic (exact) mass is 248 g/mol. The minimum Gasteiger partial charge on any atom is -0.382 e. The van der Waals surface area contributed by atoms with Crippen molar-refractivity contribution in [1.82, 2.24) is 14.5 Å². The molecule has 0 aromatic carbocycles. The van der Waals surface area contributed by atoms with Crippen molar-refractivity contribution in [3.05, 3.63) is 12.5 Å². The SMILES string of the molecule is Nc1cn(CCN2CCC3CCCCC3C2)cn1. The molecule has 1 aromatic heterocycles. The molecule has 0 radical (unpaired) electrons. The molecule has 0 spiro atoms. The van der Waals surface area contributed by atoms with Gasteiger partial charge in [-0.05, 0) is 31.2 Å². The lowest BCUT2D eigenvalue weighted by Gasteiger charge is -2.41. The number of piperidine rings is 1. The van der Waals surface area contributed by atoms with E-state index < -0.39 is 0 Å². The van der Waals surface area contributed by atoms with E-state index in [4.69, 9.17) is 5.73 Å². The molecule has 18 heavy (non-hydrogen) atoms. The highest BCUT2D eigenvalue weighted by molar-refractivity contribution is 5.22. The van der Waals surface area contributed by atoms with E-state index in [0.29, 0.717) is 5.82 Å². The first-order valence-electron chi connectivity index (χ1n) is 7.31. The molecular formula is C14H24N4. The standard InChI is InChI=1S/C14H24N4/c15-14-10-18(11-16-14)8-7-17-6-5-12-3-1-2-4-13(12)9-17/h10-13H,1-9,15H2. The fraction of sp³-hybridized carbons (Fsp3) is 0.786. The number of fused-ring (bicyclic) bond motifs is 1. The van der Waals surface area contributed by atoms with Crippen molar-refractivity contribution in [2.24, 2.45) is 11.8 Å². The quantitative estimate of drug-likeness (QED) is 0.889. The average Bonchev–Trinajstić information content (AvgIpc) is 2.82. The Bertz CT molecular complexity index is 387. The first-order valence-corrected chi connectivity index (χ1v) is 7.31. The van der Waals surface area contributed by atoms with Gasteiger partial charge in [0.15, 0.2) is 0 Å². The predicted octanol–water partition coefficient (Wildman–Crippen LogP) is 1.98. The minimum atomic E-state index is 0.626. The molecule has 1 aliphatic heterocycles. The first kappa shape index (κ1) is 12.0. The second-order valence-corrected chi connectivity index (χ2v) is 5.93. The Morgan fingerprint density at radius 3 is 2.78 bits per heavy atom. The highest BCUT2D eigenvalue weighted by Gasteiger charge is 2.30. The van der Waals surface area contributed by atoms with Crippen LogP contribution in [0.4, 0.5) is 5.82 Å². The minimum absolute atomic E-state index is 0.626. The number of hydrogen-bond donors (Lipinski definition) is 1. The maximum atomic E-state index is 5.63. The molecular weight excluding hydrogens is 224 g/mol. The smallest absolute Gasteiger partial charge is 0.141 e. The van der Waals surface area contributed by atoms with Crippen LogP contribution in [0.25, 0.3) is 0 Å². The molecule has 0 amide bonds. The summed E-state index contributed by atoms with van der Waals surface area (Å²) >= 11 is 0. The van der Waals surface area contributed by atoms with Gasteiger partial charge in [-0.3, -0.25) is 0 Å². The summed E-state index contributed by atoms with van der Waals surface area (Å²) in [5, 5.41) is 0. The van der Waals surface area contributed by atoms with E-state index >= 15 is 0 Å². The van der Waals surface area contributed by atoms with Crippen LogP contribution >= 0.6 is 0 Å². The predicted molar refractivity (Wildman–Crippen MR) is 73.1 cm³/mol. The van der Waals surface area contributed by atoms with Crippen molar-refractivity contribution in [3.8, 4) is 0 Å². The summed E-state index contributed by atoms with van der Waals surface area (Å²) in [6.07, 6.45) is 11.0. The number of likely N-dealkylation sites (tertiary alicyclic amines) is 1. The molecule has 4 heteroatoms. The van der Waals surface area contributed by atoms with Crippen LogP contribution in [0.1, 0.15) is 32.1 Å². The Morgan fingerprint density at radius 2 is 2.00 bits per heavy atom. The van der Waals surface area contributed by atoms with Crippen LogP contribution in [0, 0.1) is 11.8 Å². The van der Waals surface area contributed by atoms with Gasteiger partial charge in [0, 0.05) is 25.8 Å². The van der Waals surface area contributed by atoms with Gasteiger partial charge < -0.3 is 15.2 Å². The third-order valence-corrected chi connectivity index (χ3v) is 4.70. The Balaban J connectivity index is 1.49. The van der Waals surface area contributed by atoms with Crippen LogP contribution in [0.2, 0.25) is 0 Å². The number of imidazole rings is 1. The van der Waals surface area contributed by atoms with Crippen molar-refractivity contribution >= 4 is 5.82 Å². The number of nitrogen functional groups attached to an aromatic ring is 1. The maximum Gasteiger partial charge on any atom is 0.141 e. The summed E-state index contributed by atoms with van der Waals surface area (Å²) in [4.78, 5) is 6.70. The Kier molecular flexibility index (Phi) is 3.55. The van der Waals surface area contributed by atoms with E-state index in [0.717, 1.165) is 24.9 Å². The van der Waals surface area contributed by atoms with Crippen LogP contribution in [0.15, 0.2) is 12.5 Å². The molecule has 1 aromatic rings. The average molecular weight is 248 g/mol. The second-order valence-electron chi connectivity index (χ2n) is 5.93. The molecule has 2 heterocycles. The summed E-state index contributed by atoms with van der Waals surface area (Å²) in [6, 6.07) is 0. The third kappa shape index (κ3) is 2.69. The Labute approximate surface area is 109 Å². The molecule has 1 aliphatic carbocycles. The van der Waals surface area contributed by atoms with Gasteiger partial charge in [-0.1, -0.05) is 19.3 Å². The lowest BCUT2D eigenvalue weighted by molar-refractivity contribution is 0.0845. The van der Waals surface area contributed by atoms with Crippen LogP contribution in [-0.2, 0) is 6.54 Å². The number of aromatic nitrogens is 2. The topological polar surface area (TPSA) is 47.1 Å². The van der Waals surface area contributed by atoms with Crippen LogP contribution in [-0.4, -0.2) is 34.1 Å². The summed E-state index contributed by atoms with van der Waals surface area (Å²) in [5.41, 5.74) is 5.63. The van der Waals surface area contributed by atoms with Gasteiger partial charge >= 0.3 is 0 Å². The van der Waals surface area contributed by atoms with Crippen molar-refractivity contribution in [2.45, 2.75) is 38.6 Å². The van der Waals surface area contributed by atoms with Gasteiger partial charge in [0.1, 0.15) is 5.82 Å². The Hall–Kier alpha value is -1.03. The summed E-state index contributed by atoms with van der Waals surface area (Å²) in [5.74, 6) is 2.63. The van der Waals surface area contributed by atoms with Gasteiger partial charge in [-0.25, -0.2) is 4.98 Å². The lowest BCUT2D eigenvalue weighted by atomic mass is 9.75. The zero-order valence-corrected chi connectivity index (χ0v) is 11.1. The van der Waals surface area contributed by atoms with Crippen molar-refractivity contribution < 1.29 is 0 Å². The van der Waals surface area contributed by atoms with E-state index in [1.165, 1.54) is 45.2 Å². The Morgan fingerprint density at radius 1 is 1.17 bits per heavy atom. The molecule has 4 nitrogen and oxygen atoms in total. The highest BCUT2D eigenvalue weighted by atomic mass is 15.2. The van der Waals surface area contributed by atoms with Gasteiger partial charge in [0.05, 0.1) is 6.33 Å². The van der Waals surface area contributed by atoms with E-state index in [1.54, 1.807) is 0 Å². The molecule has 3 rings (SSSR count). The van der Waals surface area contributed by atoms with E-state index in [1.807, 2.05) is 12.5 Å². The van der Waals surface area contributed by atoms with Crippen molar-refractivity contribution in [3.63, 3.8) is 0 Å². The summed E-state index contributed by atoms with van der Waals surface area (Å²) in [6.45, 7) is 4.75. The fourth-order valence-electron chi connectivity index (χ4n) is 3.64. The van der Waals surface area contributed by atoms with E-state index in [9.17, 15) is 0 Å². The lowest BCUT2D eigenvalue weighted by Crippen LogP contribution is -2.42. The van der Waals surface area contributed by atoms with Gasteiger partial charge in [-0.15, -0.1) is 0 Å². The molecule has 100 valence electrons. The third-order valence-electron chi connectivity index (χ3n) is 4.70. The molecule has 0 bridgehead atoms. The maximum absolute atomic E-state index is 5.63. The van der Waals surface area contributed by atoms with Gasteiger partial charge in [0.2, 0.25) is 0 Å². The van der Waals surface area contributed by atoms with Crippen molar-refractivity contribution in [1.29, 1.82) is 0 Å². The second kappa shape index (κ2) is 5.31. The molecule has 2 aliphatic rings. The number of nitrogens with zero attached hydrogens (tertiary/aromatic N) is 3. The molecule has 2 fully saturated rings. The van der Waals surface area contributed by atoms with Crippen LogP contribution in [0.3, 0.4) is 0 Å². The number of hydrogen-bond acceptors (Lipinski definition) is 3. The molecule has 2 unspecified atom stereocenters. The fourth-order valence-corrected chi connectivity index (χ4v) is 3.64. The number of anilines is 1. The molecule has 1 saturated heterocycles. The normalized spacial score (nSPS) is 29.1. The van der Waals surface area contributed by atoms with Crippen LogP contribution in [0.5, 0.6) is 0 Å². The zero-order valence-electron chi connectivity index (χ0n) is 11.1. The molecule has 1 saturated carbocycles.